The lowest BCUT2D eigenvalue weighted by Gasteiger charge is -2.34. The van der Waals surface area contributed by atoms with Gasteiger partial charge < -0.3 is 5.32 Å². The highest BCUT2D eigenvalue weighted by Gasteiger charge is 2.52. The fourth-order valence-electron chi connectivity index (χ4n) is 3.11. The largest absolute Gasteiger partial charge is 0.312 e. The van der Waals surface area contributed by atoms with E-state index in [0.717, 1.165) is 19.4 Å². The molecule has 0 aliphatic heterocycles. The van der Waals surface area contributed by atoms with Crippen molar-refractivity contribution in [2.75, 3.05) is 12.8 Å². The molecule has 1 aromatic carbocycles. The van der Waals surface area contributed by atoms with Crippen molar-refractivity contribution in [1.82, 2.24) is 5.32 Å². The molecule has 0 aromatic heterocycles. The molecule has 0 radical (unpaired) electrons. The molecule has 1 fully saturated rings. The van der Waals surface area contributed by atoms with Gasteiger partial charge in [0.2, 0.25) is 0 Å². The molecular weight excluding hydrogens is 282 g/mol. The standard InChI is InChI=1S/C17H27NO2S/c1-5-11-18-16(17(2,3)21(4,19)20)15-12-14(15)13-9-7-6-8-10-13/h6-10,14-16,18H,5,11-12H2,1-4H3. The Bertz CT molecular complexity index is 566. The maximum absolute atomic E-state index is 12.2. The Balaban J connectivity index is 2.19. The predicted molar refractivity (Wildman–Crippen MR) is 88.3 cm³/mol. The highest BCUT2D eigenvalue weighted by atomic mass is 32.2. The summed E-state index contributed by atoms with van der Waals surface area (Å²) in [5.74, 6) is 0.894. The van der Waals surface area contributed by atoms with Crippen LogP contribution in [-0.4, -0.2) is 32.0 Å². The maximum Gasteiger partial charge on any atom is 0.154 e. The first-order chi connectivity index (χ1) is 9.79. The molecule has 1 aliphatic rings. The Labute approximate surface area is 129 Å². The van der Waals surface area contributed by atoms with Gasteiger partial charge in [-0.25, -0.2) is 8.42 Å². The van der Waals surface area contributed by atoms with E-state index in [1.165, 1.54) is 11.8 Å². The van der Waals surface area contributed by atoms with Crippen LogP contribution >= 0.6 is 0 Å². The number of hydrogen-bond acceptors (Lipinski definition) is 3. The maximum atomic E-state index is 12.2. The minimum absolute atomic E-state index is 0.0117. The molecule has 0 bridgehead atoms. The van der Waals surface area contributed by atoms with E-state index in [-0.39, 0.29) is 6.04 Å². The molecule has 4 heteroatoms. The van der Waals surface area contributed by atoms with Gasteiger partial charge in [-0.1, -0.05) is 37.3 Å². The second-order valence-electron chi connectivity index (χ2n) is 6.72. The molecule has 2 rings (SSSR count). The number of rotatable bonds is 7. The predicted octanol–water partition coefficient (Wildman–Crippen LogP) is 2.98. The summed E-state index contributed by atoms with van der Waals surface area (Å²) in [7, 11) is -3.11. The lowest BCUT2D eigenvalue weighted by Crippen LogP contribution is -2.53. The van der Waals surface area contributed by atoms with Crippen molar-refractivity contribution >= 4 is 9.84 Å². The fourth-order valence-corrected chi connectivity index (χ4v) is 3.83. The van der Waals surface area contributed by atoms with Crippen molar-refractivity contribution in [3.05, 3.63) is 35.9 Å². The molecule has 1 saturated carbocycles. The number of benzene rings is 1. The molecule has 3 atom stereocenters. The van der Waals surface area contributed by atoms with Gasteiger partial charge in [-0.15, -0.1) is 0 Å². The summed E-state index contributed by atoms with van der Waals surface area (Å²) in [4.78, 5) is 0. The van der Waals surface area contributed by atoms with Crippen LogP contribution in [0.5, 0.6) is 0 Å². The first-order valence-electron chi connectivity index (χ1n) is 7.77. The minimum atomic E-state index is -3.11. The van der Waals surface area contributed by atoms with Crippen LogP contribution in [-0.2, 0) is 9.84 Å². The second-order valence-corrected chi connectivity index (χ2v) is 9.32. The van der Waals surface area contributed by atoms with Crippen molar-refractivity contribution in [1.29, 1.82) is 0 Å². The van der Waals surface area contributed by atoms with Gasteiger partial charge in [0.25, 0.3) is 0 Å². The number of hydrogen-bond donors (Lipinski definition) is 1. The molecule has 1 aliphatic carbocycles. The molecule has 1 N–H and O–H groups in total. The van der Waals surface area contributed by atoms with E-state index in [0.29, 0.717) is 11.8 Å². The summed E-state index contributed by atoms with van der Waals surface area (Å²) in [6.45, 7) is 6.69. The second kappa shape index (κ2) is 6.09. The molecule has 1 aromatic rings. The Kier molecular flexibility index (Phi) is 4.79. The topological polar surface area (TPSA) is 46.2 Å². The third-order valence-corrected chi connectivity index (χ3v) is 6.98. The SMILES string of the molecule is CCCNC(C1CC1c1ccccc1)C(C)(C)S(C)(=O)=O. The van der Waals surface area contributed by atoms with Crippen LogP contribution in [0.15, 0.2) is 30.3 Å². The van der Waals surface area contributed by atoms with Crippen LogP contribution in [0.4, 0.5) is 0 Å². The van der Waals surface area contributed by atoms with Crippen LogP contribution in [0.25, 0.3) is 0 Å². The average Bonchev–Trinajstić information content (AvgIpc) is 3.19. The minimum Gasteiger partial charge on any atom is -0.312 e. The van der Waals surface area contributed by atoms with Gasteiger partial charge in [0.1, 0.15) is 0 Å². The molecule has 3 unspecified atom stereocenters. The van der Waals surface area contributed by atoms with E-state index in [4.69, 9.17) is 0 Å². The van der Waals surface area contributed by atoms with Gasteiger partial charge in [-0.05, 0) is 50.6 Å². The summed E-state index contributed by atoms with van der Waals surface area (Å²) < 4.78 is 23.6. The molecule has 0 spiro atoms. The first-order valence-corrected chi connectivity index (χ1v) is 9.66. The highest BCUT2D eigenvalue weighted by Crippen LogP contribution is 2.52. The van der Waals surface area contributed by atoms with E-state index in [1.807, 2.05) is 19.9 Å². The third-order valence-electron chi connectivity index (χ3n) is 4.81. The van der Waals surface area contributed by atoms with Crippen LogP contribution in [0.3, 0.4) is 0 Å². The van der Waals surface area contributed by atoms with Gasteiger partial charge in [0, 0.05) is 12.3 Å². The molecule has 3 nitrogen and oxygen atoms in total. The van der Waals surface area contributed by atoms with Crippen LogP contribution < -0.4 is 5.32 Å². The van der Waals surface area contributed by atoms with Gasteiger partial charge in [0.15, 0.2) is 9.84 Å². The zero-order valence-corrected chi connectivity index (χ0v) is 14.3. The smallest absolute Gasteiger partial charge is 0.154 e. The normalized spacial score (nSPS) is 23.8. The van der Waals surface area contributed by atoms with Gasteiger partial charge in [-0.3, -0.25) is 0 Å². The van der Waals surface area contributed by atoms with Crippen molar-refractivity contribution in [3.63, 3.8) is 0 Å². The van der Waals surface area contributed by atoms with Crippen molar-refractivity contribution in [2.24, 2.45) is 5.92 Å². The summed E-state index contributed by atoms with van der Waals surface area (Å²) in [6.07, 6.45) is 3.44. The lowest BCUT2D eigenvalue weighted by atomic mass is 9.95. The molecule has 21 heavy (non-hydrogen) atoms. The van der Waals surface area contributed by atoms with Crippen molar-refractivity contribution in [2.45, 2.75) is 50.3 Å². The zero-order valence-electron chi connectivity index (χ0n) is 13.5. The molecule has 0 saturated heterocycles. The van der Waals surface area contributed by atoms with E-state index in [9.17, 15) is 8.42 Å². The number of nitrogens with one attached hydrogen (secondary N) is 1. The van der Waals surface area contributed by atoms with E-state index in [2.05, 4.69) is 36.5 Å². The number of sulfone groups is 1. The van der Waals surface area contributed by atoms with Crippen LogP contribution in [0.2, 0.25) is 0 Å². The van der Waals surface area contributed by atoms with Crippen molar-refractivity contribution < 1.29 is 8.42 Å². The molecule has 0 heterocycles. The van der Waals surface area contributed by atoms with Gasteiger partial charge in [0.05, 0.1) is 4.75 Å². The van der Waals surface area contributed by atoms with E-state index in [1.54, 1.807) is 0 Å². The lowest BCUT2D eigenvalue weighted by molar-refractivity contribution is 0.368. The first kappa shape index (κ1) is 16.5. The van der Waals surface area contributed by atoms with Crippen LogP contribution in [0.1, 0.15) is 45.1 Å². The van der Waals surface area contributed by atoms with Crippen LogP contribution in [0, 0.1) is 5.92 Å². The van der Waals surface area contributed by atoms with Gasteiger partial charge >= 0.3 is 0 Å². The third kappa shape index (κ3) is 3.49. The monoisotopic (exact) mass is 309 g/mol. The van der Waals surface area contributed by atoms with E-state index >= 15 is 0 Å². The quantitative estimate of drug-likeness (QED) is 0.842. The summed E-state index contributed by atoms with van der Waals surface area (Å²) in [5.41, 5.74) is 1.33. The fraction of sp³-hybridized carbons (Fsp3) is 0.647. The Hall–Kier alpha value is -0.870. The molecule has 0 amide bonds. The summed E-state index contributed by atoms with van der Waals surface area (Å²) >= 11 is 0. The molecular formula is C17H27NO2S. The van der Waals surface area contributed by atoms with E-state index < -0.39 is 14.6 Å². The zero-order chi connectivity index (χ0) is 15.7. The van der Waals surface area contributed by atoms with Gasteiger partial charge in [-0.2, -0.15) is 0 Å². The Morgan fingerprint density at radius 2 is 1.90 bits per heavy atom. The summed E-state index contributed by atoms with van der Waals surface area (Å²) in [5, 5.41) is 3.50. The highest BCUT2D eigenvalue weighted by molar-refractivity contribution is 7.92. The summed E-state index contributed by atoms with van der Waals surface area (Å²) in [6, 6.07) is 10.4. The Morgan fingerprint density at radius 3 is 2.43 bits per heavy atom. The average molecular weight is 309 g/mol. The van der Waals surface area contributed by atoms with Crippen molar-refractivity contribution in [3.8, 4) is 0 Å². The Morgan fingerprint density at radius 1 is 1.29 bits per heavy atom. The molecule has 118 valence electrons.